The number of nitrogens with zero attached hydrogens (tertiary/aromatic N) is 7. The third-order valence-electron chi connectivity index (χ3n) is 5.06. The van der Waals surface area contributed by atoms with Crippen molar-refractivity contribution in [3.63, 3.8) is 0 Å². The summed E-state index contributed by atoms with van der Waals surface area (Å²) in [7, 11) is 0. The van der Waals surface area contributed by atoms with Crippen LogP contribution in [0.1, 0.15) is 47.0 Å². The minimum atomic E-state index is -2.83. The maximum Gasteiger partial charge on any atom is 0.282 e. The number of fused-ring (bicyclic) bond motifs is 1. The number of nitrogens with one attached hydrogen (secondary N) is 2. The van der Waals surface area contributed by atoms with E-state index in [-0.39, 0.29) is 11.3 Å². The number of aromatic nitrogens is 8. The SMILES string of the molecule is Cc1ccc(-c2cnc3c(-n4nncc4C(F)F)cc(C(=O)NC(C)c4nnc[nH]4)cn23)o1. The third-order valence-corrected chi connectivity index (χ3v) is 5.06. The number of H-pyrrole nitrogens is 1. The average Bonchev–Trinajstić information content (AvgIpc) is 3.59. The molecule has 33 heavy (non-hydrogen) atoms. The number of furan rings is 1. The summed E-state index contributed by atoms with van der Waals surface area (Å²) >= 11 is 0. The lowest BCUT2D eigenvalue weighted by molar-refractivity contribution is 0.0938. The lowest BCUT2D eigenvalue weighted by atomic mass is 10.2. The molecule has 11 nitrogen and oxygen atoms in total. The largest absolute Gasteiger partial charge is 0.460 e. The zero-order valence-corrected chi connectivity index (χ0v) is 17.4. The normalized spacial score (nSPS) is 12.5. The molecule has 2 N–H and O–H groups in total. The number of halogens is 2. The van der Waals surface area contributed by atoms with Crippen LogP contribution >= 0.6 is 0 Å². The Morgan fingerprint density at radius 3 is 2.79 bits per heavy atom. The fourth-order valence-electron chi connectivity index (χ4n) is 3.46. The lowest BCUT2D eigenvalue weighted by Gasteiger charge is -2.14. The molecule has 5 aromatic heterocycles. The Bertz CT molecular complexity index is 1440. The molecular weight excluding hydrogens is 436 g/mol. The summed E-state index contributed by atoms with van der Waals surface area (Å²) in [6.45, 7) is 3.53. The zero-order chi connectivity index (χ0) is 23.1. The quantitative estimate of drug-likeness (QED) is 0.404. The van der Waals surface area contributed by atoms with E-state index in [4.69, 9.17) is 4.42 Å². The molecule has 168 valence electrons. The number of hydrogen-bond donors (Lipinski definition) is 2. The molecule has 5 rings (SSSR count). The highest BCUT2D eigenvalue weighted by Crippen LogP contribution is 2.29. The van der Waals surface area contributed by atoms with Crippen LogP contribution in [0.25, 0.3) is 22.8 Å². The fraction of sp³-hybridized carbons (Fsp3) is 0.200. The highest BCUT2D eigenvalue weighted by atomic mass is 19.3. The van der Waals surface area contributed by atoms with E-state index in [0.29, 0.717) is 28.7 Å². The van der Waals surface area contributed by atoms with Crippen molar-refractivity contribution in [2.24, 2.45) is 0 Å². The first kappa shape index (κ1) is 20.5. The first-order valence-electron chi connectivity index (χ1n) is 9.86. The molecule has 13 heteroatoms. The smallest absolute Gasteiger partial charge is 0.282 e. The lowest BCUT2D eigenvalue weighted by Crippen LogP contribution is -2.28. The molecular formula is C20H17F2N9O2. The number of aromatic amines is 1. The van der Waals surface area contributed by atoms with Gasteiger partial charge in [-0.25, -0.2) is 18.4 Å². The van der Waals surface area contributed by atoms with Gasteiger partial charge in [-0.15, -0.1) is 15.3 Å². The second-order valence-electron chi connectivity index (χ2n) is 7.30. The van der Waals surface area contributed by atoms with Gasteiger partial charge < -0.3 is 14.7 Å². The third kappa shape index (κ3) is 3.62. The van der Waals surface area contributed by atoms with Crippen molar-refractivity contribution in [1.82, 2.24) is 44.9 Å². The number of imidazole rings is 1. The van der Waals surface area contributed by atoms with Crippen molar-refractivity contribution < 1.29 is 18.0 Å². The van der Waals surface area contributed by atoms with Crippen LogP contribution in [0, 0.1) is 6.92 Å². The molecule has 5 heterocycles. The van der Waals surface area contributed by atoms with Crippen LogP contribution in [0.15, 0.2) is 47.5 Å². The first-order valence-corrected chi connectivity index (χ1v) is 9.86. The van der Waals surface area contributed by atoms with Crippen molar-refractivity contribution in [3.05, 3.63) is 66.0 Å². The average molecular weight is 453 g/mol. The molecule has 0 spiro atoms. The Morgan fingerprint density at radius 1 is 1.24 bits per heavy atom. The Kier molecular flexibility index (Phi) is 4.92. The van der Waals surface area contributed by atoms with Gasteiger partial charge in [-0.2, -0.15) is 0 Å². The zero-order valence-electron chi connectivity index (χ0n) is 17.4. The van der Waals surface area contributed by atoms with Gasteiger partial charge >= 0.3 is 0 Å². The summed E-state index contributed by atoms with van der Waals surface area (Å²) in [4.78, 5) is 20.3. The molecule has 1 unspecified atom stereocenters. The summed E-state index contributed by atoms with van der Waals surface area (Å²) in [5.74, 6) is 1.20. The molecule has 5 aromatic rings. The molecule has 0 aliphatic rings. The van der Waals surface area contributed by atoms with Gasteiger partial charge in [-0.3, -0.25) is 9.20 Å². The second-order valence-corrected chi connectivity index (χ2v) is 7.30. The van der Waals surface area contributed by atoms with Gasteiger partial charge in [0, 0.05) is 6.20 Å². The van der Waals surface area contributed by atoms with Gasteiger partial charge in [-0.1, -0.05) is 5.21 Å². The van der Waals surface area contributed by atoms with Crippen LogP contribution in [0.4, 0.5) is 8.78 Å². The second kappa shape index (κ2) is 7.93. The van der Waals surface area contributed by atoms with E-state index in [0.717, 1.165) is 10.9 Å². The number of aryl methyl sites for hydroxylation is 1. The van der Waals surface area contributed by atoms with Crippen molar-refractivity contribution in [2.75, 3.05) is 0 Å². The van der Waals surface area contributed by atoms with Crippen LogP contribution in [-0.4, -0.2) is 45.5 Å². The predicted molar refractivity (Wildman–Crippen MR) is 110 cm³/mol. The Labute approximate surface area is 184 Å². The van der Waals surface area contributed by atoms with Gasteiger partial charge in [0.15, 0.2) is 17.2 Å². The van der Waals surface area contributed by atoms with E-state index in [2.05, 4.69) is 35.8 Å². The van der Waals surface area contributed by atoms with Gasteiger partial charge in [0.05, 0.1) is 24.0 Å². The maximum atomic E-state index is 13.6. The standard InChI is InChI=1S/C20H17F2N9O2/c1-10-3-4-16(33-10)14-6-23-19-13(31-15(17(21)22)7-25-29-31)5-12(8-30(14)19)20(32)27-11(2)18-24-9-26-28-18/h3-9,11,17H,1-2H3,(H,27,32)(H,24,26,28). The van der Waals surface area contributed by atoms with E-state index in [1.165, 1.54) is 18.6 Å². The van der Waals surface area contributed by atoms with E-state index in [1.54, 1.807) is 36.6 Å². The van der Waals surface area contributed by atoms with Crippen molar-refractivity contribution >= 4 is 11.6 Å². The number of hydrogen-bond acceptors (Lipinski definition) is 7. The fourth-order valence-corrected chi connectivity index (χ4v) is 3.46. The minimum absolute atomic E-state index is 0.164. The van der Waals surface area contributed by atoms with Gasteiger partial charge in [-0.05, 0) is 32.0 Å². The van der Waals surface area contributed by atoms with Crippen LogP contribution in [-0.2, 0) is 0 Å². The molecule has 0 aliphatic carbocycles. The number of amides is 1. The Hall–Kier alpha value is -4.42. The number of pyridine rings is 1. The van der Waals surface area contributed by atoms with Crippen LogP contribution in [0.3, 0.4) is 0 Å². The van der Waals surface area contributed by atoms with E-state index >= 15 is 0 Å². The highest BCUT2D eigenvalue weighted by molar-refractivity contribution is 5.95. The van der Waals surface area contributed by atoms with Crippen LogP contribution in [0.5, 0.6) is 0 Å². The first-order chi connectivity index (χ1) is 15.9. The molecule has 1 atom stereocenters. The maximum absolute atomic E-state index is 13.6. The van der Waals surface area contributed by atoms with Crippen LogP contribution < -0.4 is 5.32 Å². The summed E-state index contributed by atoms with van der Waals surface area (Å²) < 4.78 is 35.4. The van der Waals surface area contributed by atoms with Crippen molar-refractivity contribution in [3.8, 4) is 17.1 Å². The number of alkyl halides is 2. The van der Waals surface area contributed by atoms with Crippen LogP contribution in [0.2, 0.25) is 0 Å². The van der Waals surface area contributed by atoms with Crippen molar-refractivity contribution in [2.45, 2.75) is 26.3 Å². The summed E-state index contributed by atoms with van der Waals surface area (Å²) in [6, 6.07) is 4.51. The van der Waals surface area contributed by atoms with Gasteiger partial charge in [0.1, 0.15) is 29.2 Å². The molecule has 0 fully saturated rings. The summed E-state index contributed by atoms with van der Waals surface area (Å²) in [6.07, 6.45) is 2.64. The molecule has 0 saturated heterocycles. The molecule has 1 amide bonds. The molecule has 0 saturated carbocycles. The monoisotopic (exact) mass is 453 g/mol. The molecule has 0 bridgehead atoms. The van der Waals surface area contributed by atoms with E-state index in [1.807, 2.05) is 0 Å². The summed E-state index contributed by atoms with van der Waals surface area (Å²) in [5, 5.41) is 17.8. The summed E-state index contributed by atoms with van der Waals surface area (Å²) in [5.41, 5.74) is 0.754. The highest BCUT2D eigenvalue weighted by Gasteiger charge is 2.23. The van der Waals surface area contributed by atoms with E-state index in [9.17, 15) is 13.6 Å². The van der Waals surface area contributed by atoms with Gasteiger partial charge in [0.25, 0.3) is 12.3 Å². The Morgan fingerprint density at radius 2 is 2.09 bits per heavy atom. The van der Waals surface area contributed by atoms with Crippen molar-refractivity contribution in [1.29, 1.82) is 0 Å². The molecule has 0 aromatic carbocycles. The number of carbonyl (C=O) groups is 1. The van der Waals surface area contributed by atoms with E-state index < -0.39 is 24.1 Å². The topological polar surface area (TPSA) is 132 Å². The Balaban J connectivity index is 1.66. The molecule has 0 aliphatic heterocycles. The van der Waals surface area contributed by atoms with Gasteiger partial charge in [0.2, 0.25) is 0 Å². The minimum Gasteiger partial charge on any atom is -0.460 e. The number of carbonyl (C=O) groups excluding carboxylic acids is 1. The number of rotatable bonds is 6. The molecule has 0 radical (unpaired) electrons. The predicted octanol–water partition coefficient (Wildman–Crippen LogP) is 3.03.